The Balaban J connectivity index is 1.84. The van der Waals surface area contributed by atoms with Crippen LogP contribution in [0.15, 0.2) is 59.7 Å². The first-order chi connectivity index (χ1) is 13.0. The molecule has 4 aromatic rings. The third-order valence-corrected chi connectivity index (χ3v) is 4.62. The number of hydrogen-bond acceptors (Lipinski definition) is 3. The Kier molecular flexibility index (Phi) is 4.56. The van der Waals surface area contributed by atoms with Gasteiger partial charge in [0.1, 0.15) is 0 Å². The molecule has 3 heterocycles. The van der Waals surface area contributed by atoms with E-state index in [1.807, 2.05) is 31.2 Å². The molecule has 0 atom stereocenters. The Morgan fingerprint density at radius 3 is 2.67 bits per heavy atom. The molecule has 0 amide bonds. The normalized spacial score (nSPS) is 11.5. The Labute approximate surface area is 165 Å². The minimum Gasteiger partial charge on any atom is -0.267 e. The number of halogens is 2. The van der Waals surface area contributed by atoms with Crippen LogP contribution in [0.25, 0.3) is 23.5 Å². The van der Waals surface area contributed by atoms with E-state index >= 15 is 0 Å². The van der Waals surface area contributed by atoms with E-state index in [4.69, 9.17) is 23.2 Å². The van der Waals surface area contributed by atoms with Gasteiger partial charge in [-0.2, -0.15) is 4.52 Å². The maximum absolute atomic E-state index is 12.8. The van der Waals surface area contributed by atoms with E-state index in [-0.39, 0.29) is 5.56 Å². The Morgan fingerprint density at radius 1 is 1.07 bits per heavy atom. The van der Waals surface area contributed by atoms with Crippen LogP contribution in [0.4, 0.5) is 0 Å². The number of aryl methyl sites for hydroxylation is 1. The van der Waals surface area contributed by atoms with Crippen LogP contribution in [0, 0.1) is 6.92 Å². The average Bonchev–Trinajstić information content (AvgIpc) is 2.97. The molecule has 0 N–H and O–H groups in total. The van der Waals surface area contributed by atoms with Crippen LogP contribution in [0.5, 0.6) is 0 Å². The fourth-order valence-corrected chi connectivity index (χ4v) is 3.39. The van der Waals surface area contributed by atoms with Crippen molar-refractivity contribution in [3.05, 3.63) is 92.2 Å². The van der Waals surface area contributed by atoms with Crippen LogP contribution in [0.3, 0.4) is 0 Å². The van der Waals surface area contributed by atoms with Gasteiger partial charge in [-0.15, -0.1) is 0 Å². The lowest BCUT2D eigenvalue weighted by molar-refractivity contribution is 0.743. The van der Waals surface area contributed by atoms with Crippen LogP contribution in [-0.4, -0.2) is 19.2 Å². The van der Waals surface area contributed by atoms with E-state index in [0.29, 0.717) is 27.1 Å². The number of aromatic nitrogens is 4. The van der Waals surface area contributed by atoms with E-state index in [0.717, 1.165) is 11.3 Å². The van der Waals surface area contributed by atoms with E-state index in [1.54, 1.807) is 41.4 Å². The molecule has 0 fully saturated rings. The molecular formula is C20H14Cl2N4O. The molecule has 0 unspecified atom stereocenters. The van der Waals surface area contributed by atoms with Crippen molar-refractivity contribution >= 4 is 41.0 Å². The largest absolute Gasteiger partial charge is 0.273 e. The molecule has 1 aromatic carbocycles. The SMILES string of the molecule is Cc1cc2nc(/C=C/c3cccnc3)cc(=O)n2n1-c1ccc(Cl)cc1Cl. The van der Waals surface area contributed by atoms with Gasteiger partial charge in [0.2, 0.25) is 0 Å². The predicted octanol–water partition coefficient (Wildman–Crippen LogP) is 4.67. The highest BCUT2D eigenvalue weighted by molar-refractivity contribution is 6.35. The molecule has 4 rings (SSSR count). The summed E-state index contributed by atoms with van der Waals surface area (Å²) >= 11 is 12.3. The summed E-state index contributed by atoms with van der Waals surface area (Å²) < 4.78 is 3.23. The maximum Gasteiger partial charge on any atom is 0.273 e. The van der Waals surface area contributed by atoms with Gasteiger partial charge >= 0.3 is 0 Å². The zero-order chi connectivity index (χ0) is 19.0. The number of benzene rings is 1. The van der Waals surface area contributed by atoms with Crippen LogP contribution < -0.4 is 5.56 Å². The zero-order valence-corrected chi connectivity index (χ0v) is 15.8. The number of nitrogens with zero attached hydrogens (tertiary/aromatic N) is 4. The van der Waals surface area contributed by atoms with E-state index in [9.17, 15) is 4.79 Å². The van der Waals surface area contributed by atoms with Gasteiger partial charge in [-0.05, 0) is 42.8 Å². The molecule has 0 aliphatic carbocycles. The first-order valence-electron chi connectivity index (χ1n) is 8.19. The molecular weight excluding hydrogens is 383 g/mol. The van der Waals surface area contributed by atoms with Crippen molar-refractivity contribution in [3.63, 3.8) is 0 Å². The standard InChI is InChI=1S/C20H14Cl2N4O/c1-13-9-19-24-16(6-4-14-3-2-8-23-12-14)11-20(27)26(19)25(13)18-7-5-15(21)10-17(18)22/h2-12H,1H3/b6-4+. The summed E-state index contributed by atoms with van der Waals surface area (Å²) in [5, 5.41) is 0.988. The number of pyridine rings is 1. The van der Waals surface area contributed by atoms with Gasteiger partial charge in [-0.3, -0.25) is 9.78 Å². The highest BCUT2D eigenvalue weighted by atomic mass is 35.5. The average molecular weight is 397 g/mol. The molecule has 27 heavy (non-hydrogen) atoms. The Hall–Kier alpha value is -2.89. The summed E-state index contributed by atoms with van der Waals surface area (Å²) in [6.07, 6.45) is 7.11. The lowest BCUT2D eigenvalue weighted by atomic mass is 10.2. The minimum absolute atomic E-state index is 0.204. The quantitative estimate of drug-likeness (QED) is 0.505. The lowest BCUT2D eigenvalue weighted by Crippen LogP contribution is -2.21. The second kappa shape index (κ2) is 7.02. The third-order valence-electron chi connectivity index (χ3n) is 4.08. The fraction of sp³-hybridized carbons (Fsp3) is 0.0500. The molecule has 0 spiro atoms. The van der Waals surface area contributed by atoms with Gasteiger partial charge in [0, 0.05) is 35.2 Å². The van der Waals surface area contributed by atoms with Crippen molar-refractivity contribution in [3.8, 4) is 5.69 Å². The van der Waals surface area contributed by atoms with Gasteiger partial charge in [0.15, 0.2) is 5.65 Å². The highest BCUT2D eigenvalue weighted by Gasteiger charge is 2.13. The molecule has 0 saturated carbocycles. The summed E-state index contributed by atoms with van der Waals surface area (Å²) in [4.78, 5) is 21.4. The van der Waals surface area contributed by atoms with Crippen molar-refractivity contribution < 1.29 is 0 Å². The third kappa shape index (κ3) is 3.39. The number of rotatable bonds is 3. The molecule has 0 saturated heterocycles. The van der Waals surface area contributed by atoms with Gasteiger partial charge in [0.25, 0.3) is 5.56 Å². The van der Waals surface area contributed by atoms with Crippen LogP contribution >= 0.6 is 23.2 Å². The summed E-state index contributed by atoms with van der Waals surface area (Å²) in [7, 11) is 0. The number of hydrogen-bond donors (Lipinski definition) is 0. The van der Waals surface area contributed by atoms with Crippen molar-refractivity contribution in [1.82, 2.24) is 19.2 Å². The highest BCUT2D eigenvalue weighted by Crippen LogP contribution is 2.26. The lowest BCUT2D eigenvalue weighted by Gasteiger charge is -2.11. The molecule has 0 radical (unpaired) electrons. The second-order valence-electron chi connectivity index (χ2n) is 6.00. The molecule has 134 valence electrons. The van der Waals surface area contributed by atoms with E-state index < -0.39 is 0 Å². The van der Waals surface area contributed by atoms with Crippen molar-refractivity contribution in [1.29, 1.82) is 0 Å². The van der Waals surface area contributed by atoms with E-state index in [2.05, 4.69) is 9.97 Å². The van der Waals surface area contributed by atoms with Gasteiger partial charge in [-0.25, -0.2) is 9.67 Å². The topological polar surface area (TPSA) is 52.2 Å². The van der Waals surface area contributed by atoms with Crippen LogP contribution in [0.2, 0.25) is 10.0 Å². The minimum atomic E-state index is -0.204. The molecule has 7 heteroatoms. The molecule has 5 nitrogen and oxygen atoms in total. The molecule has 3 aromatic heterocycles. The van der Waals surface area contributed by atoms with Gasteiger partial charge in [-0.1, -0.05) is 35.3 Å². The van der Waals surface area contributed by atoms with Gasteiger partial charge in [0.05, 0.1) is 16.4 Å². The number of fused-ring (bicyclic) bond motifs is 1. The molecule has 0 bridgehead atoms. The fourth-order valence-electron chi connectivity index (χ4n) is 2.90. The molecule has 0 aliphatic rings. The van der Waals surface area contributed by atoms with E-state index in [1.165, 1.54) is 10.6 Å². The second-order valence-corrected chi connectivity index (χ2v) is 6.85. The molecule has 0 aliphatic heterocycles. The maximum atomic E-state index is 12.8. The van der Waals surface area contributed by atoms with Crippen molar-refractivity contribution in [2.24, 2.45) is 0 Å². The zero-order valence-electron chi connectivity index (χ0n) is 14.3. The van der Waals surface area contributed by atoms with Crippen molar-refractivity contribution in [2.45, 2.75) is 6.92 Å². The predicted molar refractivity (Wildman–Crippen MR) is 109 cm³/mol. The van der Waals surface area contributed by atoms with Gasteiger partial charge < -0.3 is 0 Å². The van der Waals surface area contributed by atoms with Crippen LogP contribution in [0.1, 0.15) is 17.0 Å². The Bertz CT molecular complexity index is 1230. The van der Waals surface area contributed by atoms with Crippen LogP contribution in [-0.2, 0) is 0 Å². The first kappa shape index (κ1) is 17.5. The summed E-state index contributed by atoms with van der Waals surface area (Å²) in [6.45, 7) is 1.89. The summed E-state index contributed by atoms with van der Waals surface area (Å²) in [5.41, 5.74) is 3.33. The van der Waals surface area contributed by atoms with Crippen molar-refractivity contribution in [2.75, 3.05) is 0 Å². The first-order valence-corrected chi connectivity index (χ1v) is 8.94. The summed E-state index contributed by atoms with van der Waals surface area (Å²) in [5.74, 6) is 0. The smallest absolute Gasteiger partial charge is 0.267 e. The Morgan fingerprint density at radius 2 is 1.93 bits per heavy atom. The monoisotopic (exact) mass is 396 g/mol. The summed E-state index contributed by atoms with van der Waals surface area (Å²) in [6, 6.07) is 12.3.